The summed E-state index contributed by atoms with van der Waals surface area (Å²) in [5.41, 5.74) is 4.19. The number of morpholine rings is 1. The molecule has 1 amide bonds. The topological polar surface area (TPSA) is 104 Å². The van der Waals surface area contributed by atoms with E-state index < -0.39 is 0 Å². The van der Waals surface area contributed by atoms with E-state index in [0.29, 0.717) is 36.6 Å². The van der Waals surface area contributed by atoms with E-state index >= 15 is 0 Å². The van der Waals surface area contributed by atoms with Gasteiger partial charge in [-0.15, -0.1) is 0 Å². The van der Waals surface area contributed by atoms with Crippen molar-refractivity contribution in [3.8, 4) is 17.1 Å². The summed E-state index contributed by atoms with van der Waals surface area (Å²) in [6, 6.07) is 10.3. The maximum absolute atomic E-state index is 11.7. The molecule has 0 spiro atoms. The summed E-state index contributed by atoms with van der Waals surface area (Å²) in [5, 5.41) is 9.16. The van der Waals surface area contributed by atoms with Crippen molar-refractivity contribution < 1.29 is 19.4 Å². The number of β-amino-alcohol motifs (C(OH)–C–C–N with tert-alkyl or cyclic N) is 1. The van der Waals surface area contributed by atoms with Crippen molar-refractivity contribution in [2.75, 3.05) is 70.5 Å². The van der Waals surface area contributed by atoms with Gasteiger partial charge in [-0.2, -0.15) is 0 Å². The van der Waals surface area contributed by atoms with Crippen molar-refractivity contribution in [1.29, 1.82) is 0 Å². The van der Waals surface area contributed by atoms with Crippen LogP contribution in [0.2, 0.25) is 0 Å². The van der Waals surface area contributed by atoms with E-state index in [4.69, 9.17) is 19.6 Å². The summed E-state index contributed by atoms with van der Waals surface area (Å²) in [4.78, 5) is 31.8. The largest absolute Gasteiger partial charge is 0.473 e. The van der Waals surface area contributed by atoms with Gasteiger partial charge in [0.1, 0.15) is 12.7 Å². The lowest BCUT2D eigenvalue weighted by molar-refractivity contribution is -0.137. The molecule has 2 saturated heterocycles. The van der Waals surface area contributed by atoms with E-state index in [1.54, 1.807) is 24.2 Å². The van der Waals surface area contributed by atoms with E-state index in [-0.39, 0.29) is 25.2 Å². The first kappa shape index (κ1) is 24.4. The number of aromatic nitrogens is 3. The van der Waals surface area contributed by atoms with Crippen LogP contribution in [-0.2, 0) is 9.53 Å². The number of hydrogen-bond donors (Lipinski definition) is 1. The van der Waals surface area contributed by atoms with Crippen LogP contribution >= 0.6 is 0 Å². The minimum atomic E-state index is -0.225. The zero-order chi connectivity index (χ0) is 24.9. The number of rotatable bonds is 7. The molecule has 10 nitrogen and oxygen atoms in total. The monoisotopic (exact) mass is 492 g/mol. The van der Waals surface area contributed by atoms with Crippen molar-refractivity contribution in [3.63, 3.8) is 0 Å². The van der Waals surface area contributed by atoms with Gasteiger partial charge in [0.05, 0.1) is 31.0 Å². The second-order valence-electron chi connectivity index (χ2n) is 9.10. The summed E-state index contributed by atoms with van der Waals surface area (Å²) in [5.74, 6) is 0.443. The van der Waals surface area contributed by atoms with E-state index in [0.717, 1.165) is 44.0 Å². The zero-order valence-corrected chi connectivity index (χ0v) is 20.5. The number of aliphatic hydroxyl groups is 1. The number of carbonyl (C=O) groups excluding carboxylic acids is 1. The number of aliphatic hydroxyl groups excluding tert-OH is 1. The molecule has 3 aromatic rings. The van der Waals surface area contributed by atoms with Gasteiger partial charge in [-0.3, -0.25) is 14.7 Å². The van der Waals surface area contributed by atoms with Gasteiger partial charge in [0.25, 0.3) is 0 Å². The fourth-order valence-corrected chi connectivity index (χ4v) is 4.68. The maximum Gasteiger partial charge on any atom is 0.242 e. The third kappa shape index (κ3) is 5.56. The Morgan fingerprint density at radius 2 is 1.89 bits per heavy atom. The molecule has 0 bridgehead atoms. The van der Waals surface area contributed by atoms with Crippen molar-refractivity contribution in [2.45, 2.75) is 13.0 Å². The lowest BCUT2D eigenvalue weighted by Crippen LogP contribution is -2.47. The van der Waals surface area contributed by atoms with Crippen LogP contribution in [0.1, 0.15) is 6.92 Å². The molecule has 0 aliphatic carbocycles. The van der Waals surface area contributed by atoms with E-state index in [2.05, 4.69) is 44.0 Å². The van der Waals surface area contributed by atoms with Gasteiger partial charge in [-0.1, -0.05) is 12.1 Å². The summed E-state index contributed by atoms with van der Waals surface area (Å²) in [7, 11) is 0. The van der Waals surface area contributed by atoms with Crippen LogP contribution < -0.4 is 9.64 Å². The predicted octanol–water partition coefficient (Wildman–Crippen LogP) is 1.43. The molecule has 0 radical (unpaired) electrons. The number of fused-ring (bicyclic) bond motifs is 1. The molecule has 1 N–H and O–H groups in total. The molecule has 2 aliphatic heterocycles. The highest BCUT2D eigenvalue weighted by molar-refractivity contribution is 5.83. The first-order valence-electron chi connectivity index (χ1n) is 12.4. The molecule has 5 rings (SSSR count). The average molecular weight is 493 g/mol. The number of anilines is 1. The molecule has 2 aromatic heterocycles. The van der Waals surface area contributed by atoms with Gasteiger partial charge in [0.15, 0.2) is 5.52 Å². The quantitative estimate of drug-likeness (QED) is 0.525. The van der Waals surface area contributed by atoms with Gasteiger partial charge < -0.3 is 24.4 Å². The summed E-state index contributed by atoms with van der Waals surface area (Å²) in [6.45, 7) is 8.13. The Labute approximate surface area is 210 Å². The van der Waals surface area contributed by atoms with Gasteiger partial charge in [0, 0.05) is 69.8 Å². The standard InChI is InChI=1S/C26H32N6O4/c1-19(34)32-13-15-35-22(17-32)18-36-26-25-24(27-6-7-28-25)16-23(29-26)20-2-4-21(5-3-20)31-10-8-30(9-11-31)12-14-33/h2-7,16,22,33H,8-15,17-18H2,1H3/t22-/m0/s1. The Bertz CT molecular complexity index is 1180. The zero-order valence-electron chi connectivity index (χ0n) is 20.5. The van der Waals surface area contributed by atoms with E-state index in [1.807, 2.05) is 6.07 Å². The van der Waals surface area contributed by atoms with Gasteiger partial charge >= 0.3 is 0 Å². The van der Waals surface area contributed by atoms with Gasteiger partial charge in [0.2, 0.25) is 11.8 Å². The molecule has 0 saturated carbocycles. The lowest BCUT2D eigenvalue weighted by Gasteiger charge is -2.35. The van der Waals surface area contributed by atoms with Crippen LogP contribution in [0, 0.1) is 0 Å². The Balaban J connectivity index is 1.32. The number of benzene rings is 1. The highest BCUT2D eigenvalue weighted by Gasteiger charge is 2.23. The third-order valence-electron chi connectivity index (χ3n) is 6.73. The molecule has 36 heavy (non-hydrogen) atoms. The van der Waals surface area contributed by atoms with Crippen molar-refractivity contribution in [2.24, 2.45) is 0 Å². The van der Waals surface area contributed by atoms with Crippen molar-refractivity contribution in [1.82, 2.24) is 24.8 Å². The number of amides is 1. The van der Waals surface area contributed by atoms with Crippen molar-refractivity contribution >= 4 is 22.6 Å². The molecule has 190 valence electrons. The normalized spacial score (nSPS) is 19.0. The number of pyridine rings is 1. The third-order valence-corrected chi connectivity index (χ3v) is 6.73. The highest BCUT2D eigenvalue weighted by Crippen LogP contribution is 2.29. The predicted molar refractivity (Wildman–Crippen MR) is 136 cm³/mol. The Hall–Kier alpha value is -3.34. The molecule has 1 atom stereocenters. The minimum absolute atomic E-state index is 0.0372. The first-order chi connectivity index (χ1) is 17.6. The molecule has 2 fully saturated rings. The Morgan fingerprint density at radius 3 is 2.64 bits per heavy atom. The molecule has 1 aromatic carbocycles. The van der Waals surface area contributed by atoms with Crippen molar-refractivity contribution in [3.05, 3.63) is 42.7 Å². The second kappa shape index (κ2) is 11.2. The molecule has 2 aliphatic rings. The number of piperazine rings is 1. The number of carbonyl (C=O) groups is 1. The SMILES string of the molecule is CC(=O)N1CCO[C@H](COc2nc(-c3ccc(N4CCN(CCO)CC4)cc3)cc3nccnc23)C1. The first-order valence-corrected chi connectivity index (χ1v) is 12.4. The second-order valence-corrected chi connectivity index (χ2v) is 9.10. The fourth-order valence-electron chi connectivity index (χ4n) is 4.68. The summed E-state index contributed by atoms with van der Waals surface area (Å²) < 4.78 is 11.9. The Morgan fingerprint density at radius 1 is 1.11 bits per heavy atom. The summed E-state index contributed by atoms with van der Waals surface area (Å²) >= 11 is 0. The smallest absolute Gasteiger partial charge is 0.242 e. The van der Waals surface area contributed by atoms with E-state index in [9.17, 15) is 4.79 Å². The lowest BCUT2D eigenvalue weighted by atomic mass is 10.1. The molecule has 0 unspecified atom stereocenters. The van der Waals surface area contributed by atoms with Crippen LogP contribution in [0.4, 0.5) is 5.69 Å². The minimum Gasteiger partial charge on any atom is -0.473 e. The van der Waals surface area contributed by atoms with Gasteiger partial charge in [-0.05, 0) is 18.2 Å². The average Bonchev–Trinajstić information content (AvgIpc) is 2.92. The van der Waals surface area contributed by atoms with Crippen LogP contribution in [0.5, 0.6) is 5.88 Å². The molecule has 4 heterocycles. The Kier molecular flexibility index (Phi) is 7.55. The molecule has 10 heteroatoms. The number of hydrogen-bond acceptors (Lipinski definition) is 9. The van der Waals surface area contributed by atoms with Crippen LogP contribution in [-0.4, -0.2) is 108 Å². The maximum atomic E-state index is 11.7. The highest BCUT2D eigenvalue weighted by atomic mass is 16.5. The molecular weight excluding hydrogens is 460 g/mol. The van der Waals surface area contributed by atoms with Crippen LogP contribution in [0.3, 0.4) is 0 Å². The number of nitrogens with zero attached hydrogens (tertiary/aromatic N) is 6. The number of ether oxygens (including phenoxy) is 2. The summed E-state index contributed by atoms with van der Waals surface area (Å²) in [6.07, 6.45) is 3.06. The molecular formula is C26H32N6O4. The van der Waals surface area contributed by atoms with Crippen LogP contribution in [0.15, 0.2) is 42.7 Å². The fraction of sp³-hybridized carbons (Fsp3) is 0.462. The van der Waals surface area contributed by atoms with Crippen LogP contribution in [0.25, 0.3) is 22.3 Å². The van der Waals surface area contributed by atoms with E-state index in [1.165, 1.54) is 5.69 Å². The van der Waals surface area contributed by atoms with Gasteiger partial charge in [-0.25, -0.2) is 9.97 Å².